The molecule has 0 spiro atoms. The molecule has 1 radical (unpaired) electrons. The first kappa shape index (κ1) is 33.6. The Hall–Kier alpha value is -1.38. The van der Waals surface area contributed by atoms with E-state index in [4.69, 9.17) is 0 Å². The molecule has 0 aliphatic carbocycles. The van der Waals surface area contributed by atoms with E-state index in [1.54, 1.807) is 0 Å². The molecule has 7 heteroatoms. The van der Waals surface area contributed by atoms with Crippen LogP contribution in [0.25, 0.3) is 0 Å². The van der Waals surface area contributed by atoms with Crippen LogP contribution in [0.5, 0.6) is 0 Å². The first-order valence-electron chi connectivity index (χ1n) is 11.8. The molecule has 0 unspecified atom stereocenters. The average Bonchev–Trinajstić information content (AvgIpc) is 2.78. The van der Waals surface area contributed by atoms with Gasteiger partial charge in [-0.15, -0.1) is 0 Å². The van der Waals surface area contributed by atoms with Gasteiger partial charge in [-0.1, -0.05) is 42.5 Å². The van der Waals surface area contributed by atoms with Crippen LogP contribution in [0.3, 0.4) is 0 Å². The van der Waals surface area contributed by atoms with Gasteiger partial charge in [0.2, 0.25) is 0 Å². The molecule has 193 valence electrons. The number of hydrogen-bond acceptors (Lipinski definition) is 4. The third-order valence-corrected chi connectivity index (χ3v) is 5.98. The summed E-state index contributed by atoms with van der Waals surface area (Å²) in [5.41, 5.74) is 8.95. The molecule has 0 saturated heterocycles. The number of rotatable bonds is 12. The van der Waals surface area contributed by atoms with E-state index in [-0.39, 0.29) is 50.7 Å². The Morgan fingerprint density at radius 3 is 1.51 bits per heavy atom. The van der Waals surface area contributed by atoms with Crippen molar-refractivity contribution < 1.29 is 50.7 Å². The van der Waals surface area contributed by atoms with Crippen LogP contribution < -0.4 is 44.6 Å². The van der Waals surface area contributed by atoms with Crippen molar-refractivity contribution in [2.24, 2.45) is 0 Å². The molecular formula is C28H38Br2CoN4. The summed E-state index contributed by atoms with van der Waals surface area (Å²) in [4.78, 5) is 7.07. The number of aryl methyl sites for hydroxylation is 4. The molecule has 0 atom stereocenters. The molecule has 3 rings (SSSR count). The zero-order valence-electron chi connectivity index (χ0n) is 21.2. The van der Waals surface area contributed by atoms with Gasteiger partial charge in [-0.25, -0.2) is 0 Å². The van der Waals surface area contributed by atoms with Gasteiger partial charge in [0.25, 0.3) is 0 Å². The number of hydrogen-bond donors (Lipinski definition) is 2. The summed E-state index contributed by atoms with van der Waals surface area (Å²) in [7, 11) is 0. The zero-order valence-corrected chi connectivity index (χ0v) is 25.4. The maximum atomic E-state index is 4.54. The molecule has 0 bridgehead atoms. The van der Waals surface area contributed by atoms with E-state index in [1.807, 2.05) is 12.3 Å². The van der Waals surface area contributed by atoms with Crippen LogP contribution >= 0.6 is 0 Å². The SMILES string of the molecule is Cc1cccc(C)c1NCCCN(CCCNc1c(C)cccc1C)Cc1ccccn1.[Br-].[Br-].[Co+2]. The molecule has 0 aliphatic heterocycles. The minimum absolute atomic E-state index is 0. The van der Waals surface area contributed by atoms with Crippen molar-refractivity contribution in [2.75, 3.05) is 36.8 Å². The number of halogens is 2. The fourth-order valence-electron chi connectivity index (χ4n) is 4.21. The van der Waals surface area contributed by atoms with Crippen molar-refractivity contribution in [3.8, 4) is 0 Å². The zero-order chi connectivity index (χ0) is 22.8. The number of pyridine rings is 1. The van der Waals surface area contributed by atoms with Crippen LogP contribution in [0.1, 0.15) is 40.8 Å². The summed E-state index contributed by atoms with van der Waals surface area (Å²) in [6.07, 6.45) is 4.09. The van der Waals surface area contributed by atoms with E-state index in [2.05, 4.69) is 96.7 Å². The topological polar surface area (TPSA) is 40.2 Å². The molecule has 35 heavy (non-hydrogen) atoms. The molecule has 0 saturated carbocycles. The Balaban J connectivity index is 0.00000385. The van der Waals surface area contributed by atoms with Gasteiger partial charge in [0.05, 0.1) is 5.69 Å². The van der Waals surface area contributed by atoms with E-state index in [1.165, 1.54) is 33.6 Å². The first-order chi connectivity index (χ1) is 15.5. The van der Waals surface area contributed by atoms with Crippen molar-refractivity contribution in [3.63, 3.8) is 0 Å². The quantitative estimate of drug-likeness (QED) is 0.274. The molecule has 4 nitrogen and oxygen atoms in total. The third kappa shape index (κ3) is 11.0. The van der Waals surface area contributed by atoms with Crippen molar-refractivity contribution in [2.45, 2.75) is 47.1 Å². The van der Waals surface area contributed by atoms with Crippen LogP contribution in [0.2, 0.25) is 0 Å². The molecule has 1 heterocycles. The number of nitrogens with one attached hydrogen (secondary N) is 2. The van der Waals surface area contributed by atoms with Crippen LogP contribution in [0, 0.1) is 27.7 Å². The Bertz CT molecular complexity index is 886. The van der Waals surface area contributed by atoms with E-state index in [0.717, 1.165) is 51.3 Å². The van der Waals surface area contributed by atoms with E-state index >= 15 is 0 Å². The Morgan fingerprint density at radius 1 is 0.657 bits per heavy atom. The van der Waals surface area contributed by atoms with Gasteiger partial charge in [-0.3, -0.25) is 9.88 Å². The van der Waals surface area contributed by atoms with Gasteiger partial charge < -0.3 is 44.6 Å². The molecule has 0 fully saturated rings. The van der Waals surface area contributed by atoms with Crippen LogP contribution in [-0.2, 0) is 23.3 Å². The molecule has 0 amide bonds. The fraction of sp³-hybridized carbons (Fsp3) is 0.393. The number of nitrogens with zero attached hydrogens (tertiary/aromatic N) is 2. The van der Waals surface area contributed by atoms with E-state index < -0.39 is 0 Å². The minimum atomic E-state index is 0. The van der Waals surface area contributed by atoms with Crippen LogP contribution in [0.15, 0.2) is 60.8 Å². The maximum Gasteiger partial charge on any atom is 2.00 e. The maximum absolute atomic E-state index is 4.54. The second kappa shape index (κ2) is 18.0. The van der Waals surface area contributed by atoms with E-state index in [9.17, 15) is 0 Å². The summed E-state index contributed by atoms with van der Waals surface area (Å²) in [5.74, 6) is 0. The summed E-state index contributed by atoms with van der Waals surface area (Å²) in [6.45, 7) is 13.6. The minimum Gasteiger partial charge on any atom is -1.00 e. The standard InChI is InChI=1S/C28H38N4.2BrH.Co/c1-22-11-7-12-23(2)27(22)30-17-9-19-32(21-26-15-5-6-16-29-26)20-10-18-31-28-24(3)13-8-14-25(28)4;;;/h5-8,11-16,30-31H,9-10,17-21H2,1-4H3;2*1H;/q;;;+2/p-2. The van der Waals surface area contributed by atoms with Crippen LogP contribution in [-0.4, -0.2) is 36.1 Å². The Labute approximate surface area is 243 Å². The fourth-order valence-corrected chi connectivity index (χ4v) is 4.21. The van der Waals surface area contributed by atoms with Crippen molar-refractivity contribution in [1.82, 2.24) is 9.88 Å². The monoisotopic (exact) mass is 647 g/mol. The Morgan fingerprint density at radius 2 is 1.11 bits per heavy atom. The summed E-state index contributed by atoms with van der Waals surface area (Å²) >= 11 is 0. The molecule has 3 aromatic rings. The largest absolute Gasteiger partial charge is 2.00 e. The average molecular weight is 649 g/mol. The van der Waals surface area contributed by atoms with Gasteiger partial charge in [0, 0.05) is 50.3 Å². The van der Waals surface area contributed by atoms with Crippen molar-refractivity contribution in [3.05, 3.63) is 88.7 Å². The molecule has 0 aliphatic rings. The summed E-state index contributed by atoms with van der Waals surface area (Å²) in [6, 6.07) is 19.1. The third-order valence-electron chi connectivity index (χ3n) is 5.98. The number of para-hydroxylation sites is 2. The van der Waals surface area contributed by atoms with Gasteiger partial charge in [0.15, 0.2) is 0 Å². The second-order valence-electron chi connectivity index (χ2n) is 8.69. The van der Waals surface area contributed by atoms with Gasteiger partial charge >= 0.3 is 16.8 Å². The van der Waals surface area contributed by atoms with Gasteiger partial charge in [-0.2, -0.15) is 0 Å². The normalized spacial score (nSPS) is 10.1. The second-order valence-corrected chi connectivity index (χ2v) is 8.69. The van der Waals surface area contributed by atoms with E-state index in [0.29, 0.717) is 0 Å². The van der Waals surface area contributed by atoms with Gasteiger partial charge in [-0.05, 0) is 74.9 Å². The van der Waals surface area contributed by atoms with Gasteiger partial charge in [0.1, 0.15) is 0 Å². The summed E-state index contributed by atoms with van der Waals surface area (Å²) < 4.78 is 0. The van der Waals surface area contributed by atoms with Crippen molar-refractivity contribution >= 4 is 11.4 Å². The Kier molecular flexibility index (Phi) is 17.2. The van der Waals surface area contributed by atoms with Crippen LogP contribution in [0.4, 0.5) is 11.4 Å². The molecular weight excluding hydrogens is 611 g/mol. The predicted molar refractivity (Wildman–Crippen MR) is 138 cm³/mol. The predicted octanol–water partition coefficient (Wildman–Crippen LogP) is 0.127. The molecule has 1 aromatic heterocycles. The molecule has 2 N–H and O–H groups in total. The summed E-state index contributed by atoms with van der Waals surface area (Å²) in [5, 5.41) is 7.29. The smallest absolute Gasteiger partial charge is 1.00 e. The number of anilines is 2. The number of benzene rings is 2. The first-order valence-corrected chi connectivity index (χ1v) is 11.8. The number of aromatic nitrogens is 1. The van der Waals surface area contributed by atoms with Crippen molar-refractivity contribution in [1.29, 1.82) is 0 Å². The molecule has 2 aromatic carbocycles.